The van der Waals surface area contributed by atoms with E-state index in [1.807, 2.05) is 16.6 Å². The Morgan fingerprint density at radius 1 is 1.16 bits per heavy atom. The van der Waals surface area contributed by atoms with Crippen molar-refractivity contribution in [3.8, 4) is 0 Å². The first kappa shape index (κ1) is 16.8. The monoisotopic (exact) mass is 345 g/mol. The van der Waals surface area contributed by atoms with Gasteiger partial charge in [-0.3, -0.25) is 14.3 Å². The van der Waals surface area contributed by atoms with Crippen LogP contribution in [0, 0.1) is 5.92 Å². The number of carbonyl (C=O) groups is 2. The van der Waals surface area contributed by atoms with Crippen LogP contribution in [0.3, 0.4) is 0 Å². The summed E-state index contributed by atoms with van der Waals surface area (Å²) >= 11 is 0. The molecule has 2 heterocycles. The topological polar surface area (TPSA) is 64.4 Å². The van der Waals surface area contributed by atoms with Gasteiger partial charge in [0.1, 0.15) is 5.78 Å². The standard InChI is InChI=1S/C19H27N3O3/c1-21-15-8-4-2-7-14(15)18(20-21)19(24)22-10-11-25-12-16(22)13-6-3-5-9-17(13)23/h13,16H,2-12H2,1H3/t13-,16+/m1/s1. The molecule has 0 radical (unpaired) electrons. The van der Waals surface area contributed by atoms with E-state index in [1.165, 1.54) is 5.69 Å². The number of fused-ring (bicyclic) bond motifs is 1. The third-order valence-electron chi connectivity index (χ3n) is 6.06. The molecule has 1 aromatic rings. The maximum Gasteiger partial charge on any atom is 0.275 e. The Kier molecular flexibility index (Phi) is 4.63. The second kappa shape index (κ2) is 6.90. The van der Waals surface area contributed by atoms with Crippen LogP contribution in [0.2, 0.25) is 0 Å². The smallest absolute Gasteiger partial charge is 0.275 e. The molecule has 4 rings (SSSR count). The minimum absolute atomic E-state index is 0.00887. The molecule has 2 aliphatic carbocycles. The van der Waals surface area contributed by atoms with Crippen molar-refractivity contribution in [2.45, 2.75) is 57.4 Å². The summed E-state index contributed by atoms with van der Waals surface area (Å²) in [6.07, 6.45) is 7.77. The molecule has 0 spiro atoms. The molecule has 2 fully saturated rings. The molecule has 1 aromatic heterocycles. The Balaban J connectivity index is 1.62. The molecule has 3 aliphatic rings. The van der Waals surface area contributed by atoms with Crippen molar-refractivity contribution in [3.63, 3.8) is 0 Å². The van der Waals surface area contributed by atoms with E-state index in [0.717, 1.165) is 50.5 Å². The normalized spacial score (nSPS) is 27.2. The summed E-state index contributed by atoms with van der Waals surface area (Å²) < 4.78 is 7.52. The largest absolute Gasteiger partial charge is 0.377 e. The highest BCUT2D eigenvalue weighted by Crippen LogP contribution is 2.30. The fourth-order valence-corrected chi connectivity index (χ4v) is 4.71. The molecule has 2 atom stereocenters. The van der Waals surface area contributed by atoms with E-state index >= 15 is 0 Å². The Morgan fingerprint density at radius 3 is 2.80 bits per heavy atom. The van der Waals surface area contributed by atoms with Gasteiger partial charge in [-0.1, -0.05) is 6.42 Å². The molecule has 1 aliphatic heterocycles. The molecule has 25 heavy (non-hydrogen) atoms. The summed E-state index contributed by atoms with van der Waals surface area (Å²) in [6.45, 7) is 1.56. The first-order chi connectivity index (χ1) is 12.2. The zero-order valence-electron chi connectivity index (χ0n) is 15.0. The van der Waals surface area contributed by atoms with Crippen LogP contribution in [0.4, 0.5) is 0 Å². The number of nitrogens with zero attached hydrogens (tertiary/aromatic N) is 3. The summed E-state index contributed by atoms with van der Waals surface area (Å²) in [5.74, 6) is 0.213. The lowest BCUT2D eigenvalue weighted by molar-refractivity contribution is -0.129. The Bertz CT molecular complexity index is 682. The van der Waals surface area contributed by atoms with E-state index in [9.17, 15) is 9.59 Å². The van der Waals surface area contributed by atoms with Gasteiger partial charge in [0, 0.05) is 37.2 Å². The number of morpholine rings is 1. The summed E-state index contributed by atoms with van der Waals surface area (Å²) in [7, 11) is 1.93. The van der Waals surface area contributed by atoms with Crippen LogP contribution in [-0.2, 0) is 29.4 Å². The first-order valence-corrected chi connectivity index (χ1v) is 9.63. The number of ether oxygens (including phenoxy) is 1. The number of aryl methyl sites for hydroxylation is 1. The van der Waals surface area contributed by atoms with Crippen molar-refractivity contribution in [1.82, 2.24) is 14.7 Å². The van der Waals surface area contributed by atoms with Crippen LogP contribution in [0.1, 0.15) is 60.3 Å². The molecule has 0 bridgehead atoms. The maximum absolute atomic E-state index is 13.3. The summed E-state index contributed by atoms with van der Waals surface area (Å²) in [6, 6.07) is -0.129. The first-order valence-electron chi connectivity index (χ1n) is 9.63. The van der Waals surface area contributed by atoms with Crippen LogP contribution in [0.25, 0.3) is 0 Å². The number of rotatable bonds is 2. The minimum Gasteiger partial charge on any atom is -0.377 e. The highest BCUT2D eigenvalue weighted by atomic mass is 16.5. The predicted octanol–water partition coefficient (Wildman–Crippen LogP) is 1.90. The molecule has 0 unspecified atom stereocenters. The van der Waals surface area contributed by atoms with Crippen LogP contribution in [0.15, 0.2) is 0 Å². The third-order valence-corrected chi connectivity index (χ3v) is 6.06. The number of ketones is 1. The lowest BCUT2D eigenvalue weighted by Crippen LogP contribution is -2.54. The molecular formula is C19H27N3O3. The van der Waals surface area contributed by atoms with Gasteiger partial charge in [-0.25, -0.2) is 0 Å². The number of carbonyl (C=O) groups excluding carboxylic acids is 2. The third kappa shape index (κ3) is 3.01. The van der Waals surface area contributed by atoms with Gasteiger partial charge in [0.15, 0.2) is 5.69 Å². The second-order valence-corrected chi connectivity index (χ2v) is 7.56. The zero-order valence-corrected chi connectivity index (χ0v) is 15.0. The summed E-state index contributed by atoms with van der Waals surface area (Å²) in [4.78, 5) is 27.6. The van der Waals surface area contributed by atoms with Gasteiger partial charge < -0.3 is 9.64 Å². The number of hydrogen-bond donors (Lipinski definition) is 0. The highest BCUT2D eigenvalue weighted by Gasteiger charge is 2.40. The second-order valence-electron chi connectivity index (χ2n) is 7.56. The number of aromatic nitrogens is 2. The fraction of sp³-hybridized carbons (Fsp3) is 0.737. The van der Waals surface area contributed by atoms with E-state index in [-0.39, 0.29) is 17.9 Å². The van der Waals surface area contributed by atoms with Gasteiger partial charge in [-0.2, -0.15) is 5.10 Å². The van der Waals surface area contributed by atoms with Crippen molar-refractivity contribution in [3.05, 3.63) is 17.0 Å². The average Bonchev–Trinajstić information content (AvgIpc) is 2.99. The number of Topliss-reactive ketones (excluding diaryl/α,β-unsaturated/α-hetero) is 1. The molecule has 6 heteroatoms. The van der Waals surface area contributed by atoms with Gasteiger partial charge in [-0.15, -0.1) is 0 Å². The van der Waals surface area contributed by atoms with Crippen LogP contribution < -0.4 is 0 Å². The van der Waals surface area contributed by atoms with Gasteiger partial charge >= 0.3 is 0 Å². The Morgan fingerprint density at radius 2 is 1.96 bits per heavy atom. The number of amides is 1. The molecule has 0 N–H and O–H groups in total. The van der Waals surface area contributed by atoms with E-state index in [1.54, 1.807) is 0 Å². The lowest BCUT2D eigenvalue weighted by Gasteiger charge is -2.40. The number of hydrogen-bond acceptors (Lipinski definition) is 4. The maximum atomic E-state index is 13.3. The average molecular weight is 345 g/mol. The van der Waals surface area contributed by atoms with Gasteiger partial charge in [-0.05, 0) is 38.5 Å². The molecule has 136 valence electrons. The molecule has 0 aromatic carbocycles. The Hall–Kier alpha value is -1.69. The van der Waals surface area contributed by atoms with E-state index in [4.69, 9.17) is 4.74 Å². The van der Waals surface area contributed by atoms with Crippen molar-refractivity contribution < 1.29 is 14.3 Å². The molecular weight excluding hydrogens is 318 g/mol. The van der Waals surface area contributed by atoms with Crippen molar-refractivity contribution in [2.24, 2.45) is 13.0 Å². The lowest BCUT2D eigenvalue weighted by atomic mass is 9.82. The fourth-order valence-electron chi connectivity index (χ4n) is 4.71. The molecule has 1 saturated heterocycles. The summed E-state index contributed by atoms with van der Waals surface area (Å²) in [5.41, 5.74) is 2.93. The van der Waals surface area contributed by atoms with E-state index < -0.39 is 0 Å². The highest BCUT2D eigenvalue weighted by molar-refractivity contribution is 5.95. The SMILES string of the molecule is Cn1nc(C(=O)N2CCOC[C@H]2[C@H]2CCCCC2=O)c2c1CCCC2. The van der Waals surface area contributed by atoms with Crippen molar-refractivity contribution in [1.29, 1.82) is 0 Å². The van der Waals surface area contributed by atoms with Gasteiger partial charge in [0.25, 0.3) is 5.91 Å². The van der Waals surface area contributed by atoms with E-state index in [0.29, 0.717) is 37.7 Å². The predicted molar refractivity (Wildman–Crippen MR) is 92.5 cm³/mol. The van der Waals surface area contributed by atoms with Crippen molar-refractivity contribution in [2.75, 3.05) is 19.8 Å². The zero-order chi connectivity index (χ0) is 17.4. The quantitative estimate of drug-likeness (QED) is 0.821. The van der Waals surface area contributed by atoms with E-state index in [2.05, 4.69) is 5.10 Å². The van der Waals surface area contributed by atoms with Crippen LogP contribution in [0.5, 0.6) is 0 Å². The summed E-state index contributed by atoms with van der Waals surface area (Å²) in [5, 5.41) is 4.57. The Labute approximate surface area is 148 Å². The van der Waals surface area contributed by atoms with Crippen molar-refractivity contribution >= 4 is 11.7 Å². The van der Waals surface area contributed by atoms with Crippen LogP contribution >= 0.6 is 0 Å². The van der Waals surface area contributed by atoms with Gasteiger partial charge in [0.05, 0.1) is 19.3 Å². The minimum atomic E-state index is -0.129. The van der Waals surface area contributed by atoms with Crippen LogP contribution in [-0.4, -0.2) is 52.2 Å². The molecule has 1 amide bonds. The molecule has 1 saturated carbocycles. The van der Waals surface area contributed by atoms with Gasteiger partial charge in [0.2, 0.25) is 0 Å². The molecule has 6 nitrogen and oxygen atoms in total.